The molecule has 1 aromatic heterocycles. The van der Waals surface area contributed by atoms with Crippen LogP contribution in [0.3, 0.4) is 0 Å². The van der Waals surface area contributed by atoms with Crippen molar-refractivity contribution in [2.24, 2.45) is 0 Å². The number of alkyl halides is 3. The Labute approximate surface area is 158 Å². The summed E-state index contributed by atoms with van der Waals surface area (Å²) in [6.07, 6.45) is -4.58. The summed E-state index contributed by atoms with van der Waals surface area (Å²) in [5, 5.41) is 6.17. The Morgan fingerprint density at radius 2 is 1.81 bits per heavy atom. The summed E-state index contributed by atoms with van der Waals surface area (Å²) >= 11 is 2.89. The lowest BCUT2D eigenvalue weighted by Gasteiger charge is -2.21. The summed E-state index contributed by atoms with van der Waals surface area (Å²) in [4.78, 5) is 14.3. The Morgan fingerprint density at radius 1 is 1.23 bits per heavy atom. The summed E-state index contributed by atoms with van der Waals surface area (Å²) < 4.78 is 39.5. The first-order chi connectivity index (χ1) is 12.2. The van der Waals surface area contributed by atoms with Gasteiger partial charge in [0, 0.05) is 24.5 Å². The van der Waals surface area contributed by atoms with Crippen LogP contribution in [0.2, 0.25) is 0 Å². The minimum atomic E-state index is -4.58. The predicted octanol–water partition coefficient (Wildman–Crippen LogP) is 4.46. The highest BCUT2D eigenvalue weighted by molar-refractivity contribution is 9.10. The predicted molar refractivity (Wildman–Crippen MR) is 98.3 cm³/mol. The molecule has 0 unspecified atom stereocenters. The number of carbonyl (C=O) groups is 1. The van der Waals surface area contributed by atoms with Gasteiger partial charge in [-0.25, -0.2) is 0 Å². The van der Waals surface area contributed by atoms with Gasteiger partial charge in [-0.2, -0.15) is 18.3 Å². The van der Waals surface area contributed by atoms with E-state index in [4.69, 9.17) is 0 Å². The zero-order valence-corrected chi connectivity index (χ0v) is 16.3. The number of benzene rings is 1. The van der Waals surface area contributed by atoms with Gasteiger partial charge < -0.3 is 10.2 Å². The minimum absolute atomic E-state index is 0.152. The number of amides is 1. The third-order valence-corrected chi connectivity index (χ3v) is 4.92. The molecule has 0 saturated carbocycles. The van der Waals surface area contributed by atoms with Crippen molar-refractivity contribution in [3.05, 3.63) is 40.1 Å². The molecule has 1 aromatic carbocycles. The fraction of sp³-hybridized carbons (Fsp3) is 0.412. The maximum atomic E-state index is 12.9. The maximum absolute atomic E-state index is 12.9. The van der Waals surface area contributed by atoms with E-state index in [1.165, 1.54) is 6.92 Å². The van der Waals surface area contributed by atoms with Gasteiger partial charge in [0.15, 0.2) is 5.69 Å². The molecule has 0 radical (unpaired) electrons. The molecule has 0 aliphatic carbocycles. The van der Waals surface area contributed by atoms with E-state index < -0.39 is 17.8 Å². The number of anilines is 2. The molecule has 0 aliphatic heterocycles. The van der Waals surface area contributed by atoms with Crippen molar-refractivity contribution in [1.29, 1.82) is 0 Å². The quantitative estimate of drug-likeness (QED) is 0.732. The van der Waals surface area contributed by atoms with Crippen molar-refractivity contribution in [3.63, 3.8) is 0 Å². The molecule has 1 heterocycles. The molecule has 1 amide bonds. The van der Waals surface area contributed by atoms with Crippen LogP contribution >= 0.6 is 15.9 Å². The lowest BCUT2D eigenvalue weighted by atomic mass is 10.2. The van der Waals surface area contributed by atoms with E-state index in [0.717, 1.165) is 23.5 Å². The largest absolute Gasteiger partial charge is 0.436 e. The van der Waals surface area contributed by atoms with Gasteiger partial charge in [-0.1, -0.05) is 0 Å². The van der Waals surface area contributed by atoms with Crippen molar-refractivity contribution < 1.29 is 18.0 Å². The Morgan fingerprint density at radius 3 is 2.27 bits per heavy atom. The summed E-state index contributed by atoms with van der Waals surface area (Å²) in [5.41, 5.74) is 0.816. The van der Waals surface area contributed by atoms with Gasteiger partial charge in [-0.3, -0.25) is 9.48 Å². The second-order valence-corrected chi connectivity index (χ2v) is 6.46. The van der Waals surface area contributed by atoms with Crippen LogP contribution in [0.15, 0.2) is 28.7 Å². The average molecular weight is 433 g/mol. The molecule has 0 saturated heterocycles. The number of halogens is 4. The fourth-order valence-corrected chi connectivity index (χ4v) is 3.05. The van der Waals surface area contributed by atoms with E-state index in [9.17, 15) is 18.0 Å². The van der Waals surface area contributed by atoms with Gasteiger partial charge in [-0.05, 0) is 61.0 Å². The molecule has 26 heavy (non-hydrogen) atoms. The summed E-state index contributed by atoms with van der Waals surface area (Å²) in [7, 11) is 0. The summed E-state index contributed by atoms with van der Waals surface area (Å²) in [5.74, 6) is -0.451. The molecule has 0 atom stereocenters. The number of nitrogens with one attached hydrogen (secondary N) is 1. The molecular weight excluding hydrogens is 413 g/mol. The van der Waals surface area contributed by atoms with Crippen LogP contribution < -0.4 is 10.2 Å². The van der Waals surface area contributed by atoms with Gasteiger partial charge in [0.1, 0.15) is 6.54 Å². The molecule has 0 fully saturated rings. The van der Waals surface area contributed by atoms with E-state index in [2.05, 4.69) is 45.1 Å². The van der Waals surface area contributed by atoms with E-state index in [1.807, 2.05) is 12.1 Å². The van der Waals surface area contributed by atoms with Crippen molar-refractivity contribution in [3.8, 4) is 0 Å². The molecule has 0 spiro atoms. The number of hydrogen-bond acceptors (Lipinski definition) is 3. The molecule has 2 rings (SSSR count). The molecule has 1 N–H and O–H groups in total. The topological polar surface area (TPSA) is 50.2 Å². The monoisotopic (exact) mass is 432 g/mol. The molecule has 5 nitrogen and oxygen atoms in total. The summed E-state index contributed by atoms with van der Waals surface area (Å²) in [6, 6.07) is 7.30. The van der Waals surface area contributed by atoms with Crippen molar-refractivity contribution in [2.45, 2.75) is 33.5 Å². The van der Waals surface area contributed by atoms with E-state index in [0.29, 0.717) is 5.69 Å². The second-order valence-electron chi connectivity index (χ2n) is 5.67. The first-order valence-electron chi connectivity index (χ1n) is 8.12. The molecule has 142 valence electrons. The third kappa shape index (κ3) is 4.57. The lowest BCUT2D eigenvalue weighted by Crippen LogP contribution is -2.22. The van der Waals surface area contributed by atoms with Crippen molar-refractivity contribution in [1.82, 2.24) is 9.78 Å². The molecule has 2 aromatic rings. The molecule has 9 heteroatoms. The summed E-state index contributed by atoms with van der Waals surface area (Å²) in [6.45, 7) is 7.02. The molecular formula is C17H20BrF3N4O. The lowest BCUT2D eigenvalue weighted by molar-refractivity contribution is -0.142. The Kier molecular flexibility index (Phi) is 6.33. The van der Waals surface area contributed by atoms with Gasteiger partial charge in [0.25, 0.3) is 0 Å². The second kappa shape index (κ2) is 8.11. The third-order valence-electron chi connectivity index (χ3n) is 3.97. The van der Waals surface area contributed by atoms with Gasteiger partial charge in [0.2, 0.25) is 5.91 Å². The highest BCUT2D eigenvalue weighted by Gasteiger charge is 2.38. The standard InChI is InChI=1S/C17H20BrF3N4O/c1-4-24(5-2)13-8-6-12(7-9-13)22-14(26)10-25-11(3)15(18)16(23-25)17(19,20)21/h6-9H,4-5,10H2,1-3H3,(H,22,26). The fourth-order valence-electron chi connectivity index (χ4n) is 2.54. The van der Waals surface area contributed by atoms with Gasteiger partial charge in [-0.15, -0.1) is 0 Å². The van der Waals surface area contributed by atoms with Crippen molar-refractivity contribution >= 4 is 33.2 Å². The van der Waals surface area contributed by atoms with E-state index in [1.54, 1.807) is 12.1 Å². The van der Waals surface area contributed by atoms with Gasteiger partial charge >= 0.3 is 6.18 Å². The zero-order chi connectivity index (χ0) is 19.5. The van der Waals surface area contributed by atoms with Crippen molar-refractivity contribution in [2.75, 3.05) is 23.3 Å². The zero-order valence-electron chi connectivity index (χ0n) is 14.7. The number of rotatable bonds is 6. The van der Waals surface area contributed by atoms with Crippen LogP contribution in [-0.4, -0.2) is 28.8 Å². The first-order valence-corrected chi connectivity index (χ1v) is 8.91. The maximum Gasteiger partial charge on any atom is 0.436 e. The molecule has 0 bridgehead atoms. The SMILES string of the molecule is CCN(CC)c1ccc(NC(=O)Cn2nc(C(F)(F)F)c(Br)c2C)cc1. The van der Waals surface area contributed by atoms with Crippen LogP contribution in [0.5, 0.6) is 0 Å². The smallest absolute Gasteiger partial charge is 0.372 e. The minimum Gasteiger partial charge on any atom is -0.372 e. The van der Waals surface area contributed by atoms with E-state index >= 15 is 0 Å². The van der Waals surface area contributed by atoms with E-state index in [-0.39, 0.29) is 16.7 Å². The number of aromatic nitrogens is 2. The highest BCUT2D eigenvalue weighted by atomic mass is 79.9. The highest BCUT2D eigenvalue weighted by Crippen LogP contribution is 2.35. The van der Waals surface area contributed by atoms with Crippen LogP contribution in [-0.2, 0) is 17.5 Å². The Bertz CT molecular complexity index is 768. The first kappa shape index (κ1) is 20.3. The number of hydrogen-bond donors (Lipinski definition) is 1. The Hall–Kier alpha value is -2.03. The Balaban J connectivity index is 2.08. The van der Waals surface area contributed by atoms with Crippen LogP contribution in [0.25, 0.3) is 0 Å². The number of carbonyl (C=O) groups excluding carboxylic acids is 1. The van der Waals surface area contributed by atoms with Crippen LogP contribution in [0, 0.1) is 6.92 Å². The molecule has 0 aliphatic rings. The normalized spacial score (nSPS) is 11.5. The van der Waals surface area contributed by atoms with Crippen LogP contribution in [0.1, 0.15) is 25.2 Å². The average Bonchev–Trinajstić information content (AvgIpc) is 2.86. The van der Waals surface area contributed by atoms with Gasteiger partial charge in [0.05, 0.1) is 10.2 Å². The van der Waals surface area contributed by atoms with Crippen LogP contribution in [0.4, 0.5) is 24.5 Å². The number of nitrogens with zero attached hydrogens (tertiary/aromatic N) is 3.